The molecule has 39 heavy (non-hydrogen) atoms. The van der Waals surface area contributed by atoms with Gasteiger partial charge in [0.25, 0.3) is 5.95 Å². The molecule has 2 aromatic carbocycles. The Morgan fingerprint density at radius 1 is 0.872 bits per heavy atom. The van der Waals surface area contributed by atoms with Crippen molar-refractivity contribution < 1.29 is 44.3 Å². The topological polar surface area (TPSA) is 63.9 Å². The molecule has 0 amide bonds. The van der Waals surface area contributed by atoms with E-state index in [1.165, 1.54) is 7.05 Å². The van der Waals surface area contributed by atoms with Gasteiger partial charge in [0, 0.05) is 24.6 Å². The quantitative estimate of drug-likeness (QED) is 0.243. The van der Waals surface area contributed by atoms with Crippen LogP contribution in [0.25, 0.3) is 0 Å². The Morgan fingerprint density at radius 2 is 1.46 bits per heavy atom. The normalized spacial score (nSPS) is 14.8. The third kappa shape index (κ3) is 6.50. The largest absolute Gasteiger partial charge is 0.416 e. The van der Waals surface area contributed by atoms with Crippen molar-refractivity contribution in [2.45, 2.75) is 50.9 Å². The number of hydrogen-bond donors (Lipinski definition) is 0. The molecule has 1 aromatic heterocycles. The first-order chi connectivity index (χ1) is 18.0. The Hall–Kier alpha value is -3.65. The predicted octanol–water partition coefficient (Wildman–Crippen LogP) is 6.46. The summed E-state index contributed by atoms with van der Waals surface area (Å²) in [5, 5.41) is 11.3. The lowest BCUT2D eigenvalue weighted by molar-refractivity contribution is -0.143. The van der Waals surface area contributed by atoms with Crippen LogP contribution in [-0.4, -0.2) is 26.0 Å². The number of tetrazole rings is 1. The van der Waals surface area contributed by atoms with Gasteiger partial charge >= 0.3 is 18.5 Å². The van der Waals surface area contributed by atoms with E-state index >= 15 is 0 Å². The number of carbonyl (C=O) groups excluding carboxylic acids is 1. The Bertz CT molecular complexity index is 1320. The van der Waals surface area contributed by atoms with Gasteiger partial charge in [-0.25, -0.2) is 0 Å². The summed E-state index contributed by atoms with van der Waals surface area (Å²) in [5.41, 5.74) is -4.80. The molecule has 1 saturated carbocycles. The minimum Gasteiger partial charge on any atom is -0.330 e. The highest BCUT2D eigenvalue weighted by Gasteiger charge is 2.38. The van der Waals surface area contributed by atoms with Crippen molar-refractivity contribution in [3.8, 4) is 0 Å². The number of alkyl halides is 9. The molecule has 0 atom stereocenters. The van der Waals surface area contributed by atoms with Crippen molar-refractivity contribution in [1.82, 2.24) is 20.2 Å². The van der Waals surface area contributed by atoms with Gasteiger partial charge in [0.1, 0.15) is 0 Å². The molecule has 3 aromatic rings. The molecule has 0 aliphatic heterocycles. The highest BCUT2D eigenvalue weighted by molar-refractivity contribution is 5.99. The van der Waals surface area contributed by atoms with Gasteiger partial charge in [0.15, 0.2) is 5.78 Å². The SMILES string of the molecule is Cn1nnc(N(Cc2cc(C(F)(F)F)cc(C(F)(F)F)c2)Cc2cc(C(F)(F)F)ccc2C(=O)C2CCC2)n1. The average molecular weight is 565 g/mol. The molecule has 1 heterocycles. The van der Waals surface area contributed by atoms with Crippen LogP contribution < -0.4 is 4.90 Å². The van der Waals surface area contributed by atoms with Crippen LogP contribution in [0.4, 0.5) is 45.5 Å². The third-order valence-electron chi connectivity index (χ3n) is 6.34. The van der Waals surface area contributed by atoms with Crippen LogP contribution in [0.3, 0.4) is 0 Å². The molecule has 0 N–H and O–H groups in total. The van der Waals surface area contributed by atoms with Gasteiger partial charge < -0.3 is 4.90 Å². The van der Waals surface area contributed by atoms with E-state index in [2.05, 4.69) is 15.4 Å². The first-order valence-corrected chi connectivity index (χ1v) is 11.5. The van der Waals surface area contributed by atoms with Crippen molar-refractivity contribution in [1.29, 1.82) is 0 Å². The molecule has 15 heteroatoms. The summed E-state index contributed by atoms with van der Waals surface area (Å²) in [7, 11) is 1.34. The van der Waals surface area contributed by atoms with E-state index in [-0.39, 0.29) is 29.1 Å². The number of ketones is 1. The number of anilines is 1. The zero-order chi connectivity index (χ0) is 28.8. The summed E-state index contributed by atoms with van der Waals surface area (Å²) in [4.78, 5) is 15.0. The monoisotopic (exact) mass is 565 g/mol. The molecule has 0 radical (unpaired) electrons. The fourth-order valence-corrected chi connectivity index (χ4v) is 4.17. The number of carbonyl (C=O) groups is 1. The van der Waals surface area contributed by atoms with E-state index in [1.807, 2.05) is 0 Å². The first-order valence-electron chi connectivity index (χ1n) is 11.5. The summed E-state index contributed by atoms with van der Waals surface area (Å²) in [6.07, 6.45) is -13.1. The fourth-order valence-electron chi connectivity index (χ4n) is 4.17. The number of Topliss-reactive ketones (excluding diaryl/α,β-unsaturated/α-hetero) is 1. The van der Waals surface area contributed by atoms with E-state index in [0.29, 0.717) is 25.0 Å². The summed E-state index contributed by atoms with van der Waals surface area (Å²) in [6.45, 7) is -1.19. The predicted molar refractivity (Wildman–Crippen MR) is 118 cm³/mol. The zero-order valence-corrected chi connectivity index (χ0v) is 20.1. The summed E-state index contributed by atoms with van der Waals surface area (Å²) >= 11 is 0. The van der Waals surface area contributed by atoms with Crippen LogP contribution in [0, 0.1) is 5.92 Å². The number of halogens is 9. The Morgan fingerprint density at radius 3 is 1.92 bits per heavy atom. The number of aromatic nitrogens is 4. The van der Waals surface area contributed by atoms with E-state index in [0.717, 1.165) is 34.3 Å². The molecule has 0 unspecified atom stereocenters. The zero-order valence-electron chi connectivity index (χ0n) is 20.1. The van der Waals surface area contributed by atoms with Crippen LogP contribution in [-0.2, 0) is 38.7 Å². The smallest absolute Gasteiger partial charge is 0.330 e. The molecule has 210 valence electrons. The van der Waals surface area contributed by atoms with Crippen molar-refractivity contribution in [3.63, 3.8) is 0 Å². The van der Waals surface area contributed by atoms with Gasteiger partial charge in [-0.15, -0.1) is 5.10 Å². The molecule has 6 nitrogen and oxygen atoms in total. The van der Waals surface area contributed by atoms with Gasteiger partial charge in [-0.05, 0) is 59.5 Å². The molecule has 1 fully saturated rings. The molecule has 1 aliphatic rings. The second-order valence-corrected chi connectivity index (χ2v) is 9.21. The molecule has 0 saturated heterocycles. The van der Waals surface area contributed by atoms with Crippen LogP contribution in [0.5, 0.6) is 0 Å². The summed E-state index contributed by atoms with van der Waals surface area (Å²) in [5.74, 6) is -1.06. The maximum Gasteiger partial charge on any atom is 0.416 e. The lowest BCUT2D eigenvalue weighted by atomic mass is 9.79. The molecule has 0 bridgehead atoms. The standard InChI is InChI=1S/C24H20F9N5O/c1-37-35-21(34-36-37)38(11-13-7-17(23(28,29)30)10-18(8-13)24(31,32)33)12-15-9-16(22(25,26)27)5-6-19(15)20(39)14-3-2-4-14/h5-10,14H,2-4,11-12H2,1H3. The Kier molecular flexibility index (Phi) is 7.38. The van der Waals surface area contributed by atoms with Crippen molar-refractivity contribution in [3.05, 3.63) is 69.8 Å². The number of rotatable bonds is 7. The summed E-state index contributed by atoms with van der Waals surface area (Å²) < 4.78 is 121. The maximum atomic E-state index is 13.5. The maximum absolute atomic E-state index is 13.5. The number of nitrogens with zero attached hydrogens (tertiary/aromatic N) is 5. The third-order valence-corrected chi connectivity index (χ3v) is 6.34. The minimum absolute atomic E-state index is 0.0263. The van der Waals surface area contributed by atoms with Crippen molar-refractivity contribution >= 4 is 11.7 Å². The van der Waals surface area contributed by atoms with Crippen LogP contribution >= 0.6 is 0 Å². The average Bonchev–Trinajstić information content (AvgIpc) is 3.21. The number of aryl methyl sites for hydroxylation is 1. The van der Waals surface area contributed by atoms with E-state index in [1.54, 1.807) is 0 Å². The molecule has 1 aliphatic carbocycles. The van der Waals surface area contributed by atoms with Gasteiger partial charge in [-0.2, -0.15) is 44.3 Å². The highest BCUT2D eigenvalue weighted by Crippen LogP contribution is 2.38. The van der Waals surface area contributed by atoms with Crippen LogP contribution in [0.1, 0.15) is 57.4 Å². The van der Waals surface area contributed by atoms with Gasteiger partial charge in [0.05, 0.1) is 23.7 Å². The van der Waals surface area contributed by atoms with Gasteiger partial charge in [-0.1, -0.05) is 17.6 Å². The second-order valence-electron chi connectivity index (χ2n) is 9.21. The minimum atomic E-state index is -5.10. The molecular formula is C24H20F9N5O. The second kappa shape index (κ2) is 10.2. The van der Waals surface area contributed by atoms with E-state index in [4.69, 9.17) is 0 Å². The van der Waals surface area contributed by atoms with Gasteiger partial charge in [0.2, 0.25) is 0 Å². The first kappa shape index (κ1) is 28.4. The van der Waals surface area contributed by atoms with Crippen molar-refractivity contribution in [2.24, 2.45) is 13.0 Å². The Balaban J connectivity index is 1.79. The Labute approximate surface area is 215 Å². The van der Waals surface area contributed by atoms with Crippen LogP contribution in [0.15, 0.2) is 36.4 Å². The number of hydrogen-bond acceptors (Lipinski definition) is 5. The molecular weight excluding hydrogens is 545 g/mol. The number of benzene rings is 2. The van der Waals surface area contributed by atoms with Crippen molar-refractivity contribution in [2.75, 3.05) is 4.90 Å². The fraction of sp³-hybridized carbons (Fsp3) is 0.417. The highest BCUT2D eigenvalue weighted by atomic mass is 19.4. The van der Waals surface area contributed by atoms with Crippen LogP contribution in [0.2, 0.25) is 0 Å². The summed E-state index contributed by atoms with van der Waals surface area (Å²) in [6, 6.07) is 3.51. The van der Waals surface area contributed by atoms with Gasteiger partial charge in [-0.3, -0.25) is 4.79 Å². The molecule has 4 rings (SSSR count). The lowest BCUT2D eigenvalue weighted by Gasteiger charge is -2.27. The lowest BCUT2D eigenvalue weighted by Crippen LogP contribution is -2.28. The van der Waals surface area contributed by atoms with E-state index < -0.39 is 59.7 Å². The molecule has 0 spiro atoms. The van der Waals surface area contributed by atoms with E-state index in [9.17, 15) is 44.3 Å².